The van der Waals surface area contributed by atoms with E-state index in [0.29, 0.717) is 10.9 Å². The van der Waals surface area contributed by atoms with E-state index < -0.39 is 0 Å². The van der Waals surface area contributed by atoms with E-state index in [0.717, 1.165) is 11.3 Å². The number of aryl methyl sites for hydroxylation is 2. The molecule has 0 aliphatic heterocycles. The third-order valence-electron chi connectivity index (χ3n) is 3.56. The molecule has 0 saturated carbocycles. The predicted octanol–water partition coefficient (Wildman–Crippen LogP) is 4.35. The lowest BCUT2D eigenvalue weighted by Crippen LogP contribution is -2.08. The standard InChI is InChI=1S/C19H18N2OS/c1-13-3-7-15(8-4-13)12-23-19-20-17(11-18(22)21-19)16-9-5-14(2)6-10-16/h3-11H,12H2,1-2H3,(H,20,21,22). The van der Waals surface area contributed by atoms with Gasteiger partial charge < -0.3 is 4.98 Å². The second-order valence-electron chi connectivity index (χ2n) is 5.58. The van der Waals surface area contributed by atoms with Crippen molar-refractivity contribution in [3.63, 3.8) is 0 Å². The van der Waals surface area contributed by atoms with Crippen LogP contribution in [0.4, 0.5) is 0 Å². The maximum Gasteiger partial charge on any atom is 0.252 e. The zero-order chi connectivity index (χ0) is 16.2. The molecule has 0 aliphatic rings. The minimum absolute atomic E-state index is 0.123. The first-order chi connectivity index (χ1) is 11.1. The lowest BCUT2D eigenvalue weighted by atomic mass is 10.1. The lowest BCUT2D eigenvalue weighted by Gasteiger charge is -2.05. The van der Waals surface area contributed by atoms with Crippen molar-refractivity contribution in [2.45, 2.75) is 24.8 Å². The molecule has 0 atom stereocenters. The summed E-state index contributed by atoms with van der Waals surface area (Å²) in [7, 11) is 0. The molecule has 0 aliphatic carbocycles. The van der Waals surface area contributed by atoms with Gasteiger partial charge in [-0.25, -0.2) is 4.98 Å². The Bertz CT molecular complexity index is 852. The highest BCUT2D eigenvalue weighted by atomic mass is 32.2. The van der Waals surface area contributed by atoms with E-state index in [-0.39, 0.29) is 5.56 Å². The third-order valence-corrected chi connectivity index (χ3v) is 4.51. The second kappa shape index (κ2) is 6.84. The van der Waals surface area contributed by atoms with E-state index in [4.69, 9.17) is 0 Å². The summed E-state index contributed by atoms with van der Waals surface area (Å²) in [5.74, 6) is 0.778. The number of thioether (sulfide) groups is 1. The number of hydrogen-bond acceptors (Lipinski definition) is 3. The molecule has 23 heavy (non-hydrogen) atoms. The average molecular weight is 322 g/mol. The van der Waals surface area contributed by atoms with Gasteiger partial charge in [0, 0.05) is 17.4 Å². The SMILES string of the molecule is Cc1ccc(CSc2nc(-c3ccc(C)cc3)cc(=O)[nH]2)cc1. The number of hydrogen-bond donors (Lipinski definition) is 1. The minimum Gasteiger partial charge on any atom is -0.301 e. The van der Waals surface area contributed by atoms with Gasteiger partial charge in [0.1, 0.15) is 0 Å². The van der Waals surface area contributed by atoms with Crippen LogP contribution in [0.2, 0.25) is 0 Å². The van der Waals surface area contributed by atoms with Gasteiger partial charge in [0.25, 0.3) is 5.56 Å². The molecule has 0 saturated heterocycles. The van der Waals surface area contributed by atoms with Crippen LogP contribution in [0.3, 0.4) is 0 Å². The Morgan fingerprint density at radius 3 is 2.22 bits per heavy atom. The van der Waals surface area contributed by atoms with Crippen LogP contribution >= 0.6 is 11.8 Å². The first-order valence-electron chi connectivity index (χ1n) is 7.47. The van der Waals surface area contributed by atoms with Crippen molar-refractivity contribution in [1.82, 2.24) is 9.97 Å². The van der Waals surface area contributed by atoms with Gasteiger partial charge in [-0.1, -0.05) is 71.4 Å². The van der Waals surface area contributed by atoms with E-state index in [1.54, 1.807) is 6.07 Å². The molecule has 2 aromatic carbocycles. The van der Waals surface area contributed by atoms with Crippen LogP contribution in [-0.2, 0) is 5.75 Å². The summed E-state index contributed by atoms with van der Waals surface area (Å²) in [4.78, 5) is 19.3. The van der Waals surface area contributed by atoms with Gasteiger partial charge in [-0.05, 0) is 19.4 Å². The fourth-order valence-electron chi connectivity index (χ4n) is 2.21. The highest BCUT2D eigenvalue weighted by Crippen LogP contribution is 2.22. The normalized spacial score (nSPS) is 10.7. The number of rotatable bonds is 4. The molecule has 1 aromatic heterocycles. The van der Waals surface area contributed by atoms with Gasteiger partial charge in [-0.2, -0.15) is 0 Å². The van der Waals surface area contributed by atoms with Crippen molar-refractivity contribution in [1.29, 1.82) is 0 Å². The molecule has 3 rings (SSSR count). The van der Waals surface area contributed by atoms with Gasteiger partial charge in [-0.15, -0.1) is 0 Å². The van der Waals surface area contributed by atoms with Crippen LogP contribution in [0.25, 0.3) is 11.3 Å². The highest BCUT2D eigenvalue weighted by molar-refractivity contribution is 7.98. The molecule has 1 heterocycles. The number of nitrogens with one attached hydrogen (secondary N) is 1. The van der Waals surface area contributed by atoms with E-state index in [2.05, 4.69) is 41.2 Å². The van der Waals surface area contributed by atoms with Gasteiger partial charge in [0.15, 0.2) is 5.16 Å². The molecule has 3 aromatic rings. The Morgan fingerprint density at radius 2 is 1.57 bits per heavy atom. The summed E-state index contributed by atoms with van der Waals surface area (Å²) < 4.78 is 0. The maximum atomic E-state index is 11.9. The monoisotopic (exact) mass is 322 g/mol. The Labute approximate surface area is 139 Å². The topological polar surface area (TPSA) is 45.8 Å². The van der Waals surface area contributed by atoms with Gasteiger partial charge in [0.2, 0.25) is 0 Å². The molecule has 4 heteroatoms. The quantitative estimate of drug-likeness (QED) is 0.574. The summed E-state index contributed by atoms with van der Waals surface area (Å²) in [6.45, 7) is 4.11. The van der Waals surface area contributed by atoms with Crippen molar-refractivity contribution in [2.24, 2.45) is 0 Å². The summed E-state index contributed by atoms with van der Waals surface area (Å²) in [6, 6.07) is 18.0. The number of aromatic amines is 1. The van der Waals surface area contributed by atoms with E-state index in [1.807, 2.05) is 31.2 Å². The van der Waals surface area contributed by atoms with Crippen LogP contribution < -0.4 is 5.56 Å². The maximum absolute atomic E-state index is 11.9. The van der Waals surface area contributed by atoms with E-state index in [1.165, 1.54) is 28.5 Å². The van der Waals surface area contributed by atoms with Crippen LogP contribution in [0.15, 0.2) is 64.5 Å². The molecule has 0 spiro atoms. The summed E-state index contributed by atoms with van der Waals surface area (Å²) in [5, 5.41) is 0.647. The smallest absolute Gasteiger partial charge is 0.252 e. The van der Waals surface area contributed by atoms with Crippen LogP contribution in [-0.4, -0.2) is 9.97 Å². The van der Waals surface area contributed by atoms with Crippen molar-refractivity contribution in [2.75, 3.05) is 0 Å². The fraction of sp³-hybridized carbons (Fsp3) is 0.158. The second-order valence-corrected chi connectivity index (χ2v) is 6.54. The molecule has 0 fully saturated rings. The van der Waals surface area contributed by atoms with Gasteiger partial charge >= 0.3 is 0 Å². The van der Waals surface area contributed by atoms with Crippen LogP contribution in [0.1, 0.15) is 16.7 Å². The molecule has 0 radical (unpaired) electrons. The molecule has 0 amide bonds. The minimum atomic E-state index is -0.123. The molecule has 1 N–H and O–H groups in total. The van der Waals surface area contributed by atoms with Gasteiger partial charge in [0.05, 0.1) is 5.69 Å². The molecule has 3 nitrogen and oxygen atoms in total. The van der Waals surface area contributed by atoms with Crippen molar-refractivity contribution >= 4 is 11.8 Å². The number of H-pyrrole nitrogens is 1. The molecular weight excluding hydrogens is 304 g/mol. The van der Waals surface area contributed by atoms with E-state index in [9.17, 15) is 4.79 Å². The summed E-state index contributed by atoms with van der Waals surface area (Å²) in [5.41, 5.74) is 5.18. The van der Waals surface area contributed by atoms with Crippen LogP contribution in [0.5, 0.6) is 0 Å². The third kappa shape index (κ3) is 4.11. The largest absolute Gasteiger partial charge is 0.301 e. The zero-order valence-corrected chi connectivity index (χ0v) is 14.0. The zero-order valence-electron chi connectivity index (χ0n) is 13.2. The van der Waals surface area contributed by atoms with Crippen molar-refractivity contribution < 1.29 is 0 Å². The van der Waals surface area contributed by atoms with Crippen molar-refractivity contribution in [3.8, 4) is 11.3 Å². The highest BCUT2D eigenvalue weighted by Gasteiger charge is 2.05. The fourth-order valence-corrected chi connectivity index (χ4v) is 3.04. The first kappa shape index (κ1) is 15.6. The Morgan fingerprint density at radius 1 is 0.957 bits per heavy atom. The molecular formula is C19H18N2OS. The first-order valence-corrected chi connectivity index (χ1v) is 8.45. The lowest BCUT2D eigenvalue weighted by molar-refractivity contribution is 0.942. The summed E-state index contributed by atoms with van der Waals surface area (Å²) >= 11 is 1.54. The predicted molar refractivity (Wildman–Crippen MR) is 95.8 cm³/mol. The Balaban J connectivity index is 1.81. The summed E-state index contributed by atoms with van der Waals surface area (Å²) in [6.07, 6.45) is 0. The number of nitrogens with zero attached hydrogens (tertiary/aromatic N) is 1. The van der Waals surface area contributed by atoms with E-state index >= 15 is 0 Å². The Hall–Kier alpha value is -2.33. The Kier molecular flexibility index (Phi) is 4.63. The average Bonchev–Trinajstić information content (AvgIpc) is 2.54. The van der Waals surface area contributed by atoms with Crippen LogP contribution in [0, 0.1) is 13.8 Å². The molecule has 116 valence electrons. The molecule has 0 bridgehead atoms. The van der Waals surface area contributed by atoms with Crippen molar-refractivity contribution in [3.05, 3.63) is 81.6 Å². The van der Waals surface area contributed by atoms with Gasteiger partial charge in [-0.3, -0.25) is 4.79 Å². The number of benzene rings is 2. The number of aromatic nitrogens is 2. The molecule has 0 unspecified atom stereocenters.